The second-order valence-electron chi connectivity index (χ2n) is 9.72. The molecule has 2 heterocycles. The van der Waals surface area contributed by atoms with Crippen molar-refractivity contribution in [2.75, 3.05) is 17.2 Å². The highest BCUT2D eigenvalue weighted by molar-refractivity contribution is 6.36. The second kappa shape index (κ2) is 12.0. The van der Waals surface area contributed by atoms with Crippen molar-refractivity contribution in [2.24, 2.45) is 11.8 Å². The van der Waals surface area contributed by atoms with Gasteiger partial charge in [-0.25, -0.2) is 9.59 Å². The number of fused-ring (bicyclic) bond motifs is 6. The van der Waals surface area contributed by atoms with E-state index in [1.165, 1.54) is 0 Å². The number of hydrogen-bond acceptors (Lipinski definition) is 7. The number of carbonyl (C=O) groups excluding carboxylic acids is 1. The van der Waals surface area contributed by atoms with Crippen LogP contribution in [0.4, 0.5) is 21.0 Å². The number of rotatable bonds is 3. The summed E-state index contributed by atoms with van der Waals surface area (Å²) < 4.78 is 15.2. The molecular formula is C28H26Cl4N2O6. The molecule has 2 aromatic carbocycles. The van der Waals surface area contributed by atoms with Gasteiger partial charge in [-0.2, -0.15) is 0 Å². The predicted molar refractivity (Wildman–Crippen MR) is 155 cm³/mol. The van der Waals surface area contributed by atoms with Gasteiger partial charge in [-0.05, 0) is 44.0 Å². The fourth-order valence-electron chi connectivity index (χ4n) is 5.79. The molecule has 6 unspecified atom stereocenters. The molecule has 2 aliphatic heterocycles. The Morgan fingerprint density at radius 3 is 1.75 bits per heavy atom. The first-order valence-electron chi connectivity index (χ1n) is 12.7. The van der Waals surface area contributed by atoms with Crippen LogP contribution in [-0.2, 0) is 14.2 Å². The standard InChI is InChI=1S/C15H15Cl2NO3.C13H11Cl2NO3/c1-2-20-15(19)21-14-10-5-3-4-9(10)13-11(17)6-8(16)7-12(13)18-14;14-6-4-9(15)11-7-2-1-3-8(7)12(19-13(17)18)16-10(11)5-6/h3-4,6-7,9-10,14,18H,2,5H2,1H3;1-2,4-5,7-8,12,16H,3H2,(H,17,18). The maximum atomic E-state index is 11.6. The van der Waals surface area contributed by atoms with Crippen molar-refractivity contribution >= 4 is 70.1 Å². The number of carboxylic acid groups (broad SMARTS) is 1. The minimum Gasteiger partial charge on any atom is -0.450 e. The molecule has 8 nitrogen and oxygen atoms in total. The monoisotopic (exact) mass is 626 g/mol. The summed E-state index contributed by atoms with van der Waals surface area (Å²) in [6.07, 6.45) is 6.83. The molecule has 3 N–H and O–H groups in total. The lowest BCUT2D eigenvalue weighted by Crippen LogP contribution is -2.39. The van der Waals surface area contributed by atoms with Crippen molar-refractivity contribution in [3.8, 4) is 0 Å². The molecule has 6 rings (SSSR count). The Bertz CT molecular complexity index is 1380. The van der Waals surface area contributed by atoms with E-state index >= 15 is 0 Å². The van der Waals surface area contributed by atoms with Crippen LogP contribution in [-0.4, -0.2) is 36.5 Å². The third-order valence-electron chi connectivity index (χ3n) is 7.37. The summed E-state index contributed by atoms with van der Waals surface area (Å²) in [7, 11) is 0. The van der Waals surface area contributed by atoms with E-state index < -0.39 is 24.8 Å². The quantitative estimate of drug-likeness (QED) is 0.229. The van der Waals surface area contributed by atoms with E-state index in [9.17, 15) is 9.59 Å². The zero-order valence-electron chi connectivity index (χ0n) is 21.2. The van der Waals surface area contributed by atoms with Gasteiger partial charge in [-0.15, -0.1) is 0 Å². The molecule has 12 heteroatoms. The van der Waals surface area contributed by atoms with Crippen LogP contribution in [0.15, 0.2) is 48.6 Å². The summed E-state index contributed by atoms with van der Waals surface area (Å²) in [6, 6.07) is 6.97. The maximum Gasteiger partial charge on any atom is 0.510 e. The molecule has 2 aromatic rings. The van der Waals surface area contributed by atoms with Crippen LogP contribution in [0.25, 0.3) is 0 Å². The van der Waals surface area contributed by atoms with E-state index in [0.717, 1.165) is 35.3 Å². The number of ether oxygens (including phenoxy) is 3. The van der Waals surface area contributed by atoms with Gasteiger partial charge in [-0.3, -0.25) is 0 Å². The van der Waals surface area contributed by atoms with Gasteiger partial charge < -0.3 is 30.0 Å². The summed E-state index contributed by atoms with van der Waals surface area (Å²) in [4.78, 5) is 22.4. The average Bonchev–Trinajstić information content (AvgIpc) is 3.54. The van der Waals surface area contributed by atoms with E-state index in [2.05, 4.69) is 22.8 Å². The molecule has 212 valence electrons. The van der Waals surface area contributed by atoms with Crippen LogP contribution < -0.4 is 10.6 Å². The summed E-state index contributed by atoms with van der Waals surface area (Å²) in [5.41, 5.74) is 3.49. The van der Waals surface area contributed by atoms with Crippen molar-refractivity contribution in [1.82, 2.24) is 0 Å². The average molecular weight is 628 g/mol. The number of nitrogens with one attached hydrogen (secondary N) is 2. The number of halogens is 4. The molecule has 0 amide bonds. The molecule has 0 aromatic heterocycles. The number of anilines is 2. The van der Waals surface area contributed by atoms with Crippen LogP contribution in [0.1, 0.15) is 42.7 Å². The number of carbonyl (C=O) groups is 2. The first-order chi connectivity index (χ1) is 19.2. The van der Waals surface area contributed by atoms with Crippen molar-refractivity contribution in [1.29, 1.82) is 0 Å². The van der Waals surface area contributed by atoms with Gasteiger partial charge in [0.05, 0.1) is 6.61 Å². The first-order valence-corrected chi connectivity index (χ1v) is 14.2. The molecule has 40 heavy (non-hydrogen) atoms. The van der Waals surface area contributed by atoms with Gasteiger partial charge in [0.2, 0.25) is 0 Å². The van der Waals surface area contributed by atoms with Crippen molar-refractivity contribution in [3.05, 3.63) is 79.8 Å². The highest BCUT2D eigenvalue weighted by atomic mass is 35.5. The predicted octanol–water partition coefficient (Wildman–Crippen LogP) is 8.68. The lowest BCUT2D eigenvalue weighted by atomic mass is 9.83. The number of benzene rings is 2. The Balaban J connectivity index is 0.000000162. The van der Waals surface area contributed by atoms with E-state index in [4.69, 9.17) is 65.7 Å². The molecule has 0 saturated heterocycles. The molecule has 6 atom stereocenters. The topological polar surface area (TPSA) is 106 Å². The van der Waals surface area contributed by atoms with E-state index in [-0.39, 0.29) is 30.3 Å². The van der Waals surface area contributed by atoms with Gasteiger partial charge in [0.25, 0.3) is 0 Å². The molecule has 2 aliphatic carbocycles. The van der Waals surface area contributed by atoms with Crippen LogP contribution in [0.3, 0.4) is 0 Å². The number of allylic oxidation sites excluding steroid dienone is 4. The number of hydrogen-bond donors (Lipinski definition) is 3. The van der Waals surface area contributed by atoms with Gasteiger partial charge in [0, 0.05) is 66.3 Å². The molecule has 4 aliphatic rings. The molecule has 0 bridgehead atoms. The largest absolute Gasteiger partial charge is 0.510 e. The Kier molecular flexibility index (Phi) is 8.61. The third-order valence-corrected chi connectivity index (χ3v) is 8.43. The van der Waals surface area contributed by atoms with Crippen LogP contribution in [0.2, 0.25) is 20.1 Å². The molecular weight excluding hydrogens is 602 g/mol. The van der Waals surface area contributed by atoms with Crippen LogP contribution in [0.5, 0.6) is 0 Å². The minimum atomic E-state index is -1.29. The van der Waals surface area contributed by atoms with Gasteiger partial charge in [0.15, 0.2) is 12.5 Å². The van der Waals surface area contributed by atoms with Gasteiger partial charge >= 0.3 is 12.3 Å². The Hall–Kier alpha value is -2.78. The summed E-state index contributed by atoms with van der Waals surface area (Å²) in [5, 5.41) is 17.3. The molecule has 0 fully saturated rings. The smallest absolute Gasteiger partial charge is 0.450 e. The van der Waals surface area contributed by atoms with Crippen molar-refractivity contribution < 1.29 is 28.9 Å². The summed E-state index contributed by atoms with van der Waals surface area (Å²) in [6.45, 7) is 2.02. The summed E-state index contributed by atoms with van der Waals surface area (Å²) >= 11 is 24.6. The van der Waals surface area contributed by atoms with E-state index in [1.54, 1.807) is 31.2 Å². The van der Waals surface area contributed by atoms with Crippen LogP contribution in [0, 0.1) is 11.8 Å². The van der Waals surface area contributed by atoms with Crippen LogP contribution >= 0.6 is 46.4 Å². The zero-order valence-corrected chi connectivity index (χ0v) is 24.2. The highest BCUT2D eigenvalue weighted by Gasteiger charge is 2.42. The lowest BCUT2D eigenvalue weighted by molar-refractivity contribution is 0.0128. The zero-order chi connectivity index (χ0) is 28.6. The van der Waals surface area contributed by atoms with Gasteiger partial charge in [0.1, 0.15) is 0 Å². The van der Waals surface area contributed by atoms with E-state index in [0.29, 0.717) is 20.1 Å². The molecule has 0 saturated carbocycles. The molecule has 0 spiro atoms. The Morgan fingerprint density at radius 2 is 1.30 bits per heavy atom. The lowest BCUT2D eigenvalue weighted by Gasteiger charge is -2.36. The SMILES string of the molecule is CCOC(=O)OC1Nc2cc(Cl)cc(Cl)c2C2C=CCC12.O=C(O)OC1Nc2cc(Cl)cc(Cl)c2C2C=CCC12. The highest BCUT2D eigenvalue weighted by Crippen LogP contribution is 2.49. The first kappa shape index (κ1) is 28.7. The van der Waals surface area contributed by atoms with Gasteiger partial charge in [-0.1, -0.05) is 70.7 Å². The Morgan fingerprint density at radius 1 is 0.825 bits per heavy atom. The fraction of sp³-hybridized carbons (Fsp3) is 0.357. The maximum absolute atomic E-state index is 11.6. The third kappa shape index (κ3) is 5.81. The van der Waals surface area contributed by atoms with Crippen molar-refractivity contribution in [2.45, 2.75) is 44.1 Å². The molecule has 0 radical (unpaired) electrons. The summed E-state index contributed by atoms with van der Waals surface area (Å²) in [5.74, 6) is 0.318. The van der Waals surface area contributed by atoms with E-state index in [1.807, 2.05) is 12.2 Å². The normalized spacial score (nSPS) is 26.5. The van der Waals surface area contributed by atoms with Crippen molar-refractivity contribution in [3.63, 3.8) is 0 Å². The fourth-order valence-corrected chi connectivity index (χ4v) is 7.03. The minimum absolute atomic E-state index is 0.0299. The second-order valence-corrected chi connectivity index (χ2v) is 11.4. The Labute approximate surface area is 251 Å².